The number of hydrogen-bond donors (Lipinski definition) is 0. The molecular formula is C17H19ClN2OS. The first-order chi connectivity index (χ1) is 10.3. The molecule has 2 aromatic heterocycles. The third-order valence-corrected chi connectivity index (χ3v) is 5.74. The molecule has 1 aliphatic rings. The van der Waals surface area contributed by atoms with Gasteiger partial charge < -0.3 is 0 Å². The Morgan fingerprint density at radius 3 is 2.73 bits per heavy atom. The maximum Gasteiger partial charge on any atom is 0.195 e. The van der Waals surface area contributed by atoms with Gasteiger partial charge in [-0.25, -0.2) is 4.98 Å². The van der Waals surface area contributed by atoms with Gasteiger partial charge in [0, 0.05) is 11.6 Å². The topological polar surface area (TPSA) is 34.4 Å². The summed E-state index contributed by atoms with van der Waals surface area (Å²) in [6, 6.07) is 8.13. The molecule has 0 saturated heterocycles. The van der Waals surface area contributed by atoms with Gasteiger partial charge in [-0.1, -0.05) is 42.7 Å². The number of aromatic nitrogens is 2. The fourth-order valence-corrected chi connectivity index (χ4v) is 4.60. The van der Waals surface area contributed by atoms with Gasteiger partial charge in [-0.2, -0.15) is 0 Å². The van der Waals surface area contributed by atoms with E-state index in [4.69, 9.17) is 0 Å². The zero-order chi connectivity index (χ0) is 14.4. The van der Waals surface area contributed by atoms with Crippen molar-refractivity contribution in [1.82, 2.24) is 9.38 Å². The number of ketones is 1. The number of benzene rings is 1. The third kappa shape index (κ3) is 2.34. The first-order valence-electron chi connectivity index (χ1n) is 7.66. The smallest absolute Gasteiger partial charge is 0.195 e. The number of aryl methyl sites for hydroxylation is 1. The van der Waals surface area contributed by atoms with E-state index in [2.05, 4.69) is 15.5 Å². The molecule has 1 saturated carbocycles. The lowest BCUT2D eigenvalue weighted by atomic mass is 9.85. The van der Waals surface area contributed by atoms with Crippen molar-refractivity contribution in [1.29, 1.82) is 0 Å². The summed E-state index contributed by atoms with van der Waals surface area (Å²) in [6.45, 7) is 2.05. The Bertz CT molecular complexity index is 830. The number of halogens is 1. The number of carbonyl (C=O) groups excluding carboxylic acids is 1. The van der Waals surface area contributed by atoms with Crippen LogP contribution in [0.3, 0.4) is 0 Å². The maximum absolute atomic E-state index is 12.8. The van der Waals surface area contributed by atoms with Gasteiger partial charge in [0.25, 0.3) is 0 Å². The molecule has 1 fully saturated rings. The van der Waals surface area contributed by atoms with Crippen molar-refractivity contribution in [2.75, 3.05) is 0 Å². The van der Waals surface area contributed by atoms with E-state index in [0.717, 1.165) is 39.4 Å². The van der Waals surface area contributed by atoms with Crippen LogP contribution >= 0.6 is 23.7 Å². The summed E-state index contributed by atoms with van der Waals surface area (Å²) in [5, 5.41) is 0. The van der Waals surface area contributed by atoms with Crippen LogP contribution in [-0.4, -0.2) is 15.2 Å². The fraction of sp³-hybridized carbons (Fsp3) is 0.412. The zero-order valence-corrected chi connectivity index (χ0v) is 14.2. The molecule has 0 unspecified atom stereocenters. The number of para-hydroxylation sites is 2. The SMILES string of the molecule is Cc1c(C(=O)C2CCCCC2)sc2nc3ccccc3n12.Cl. The Kier molecular flexibility index (Phi) is 4.24. The molecule has 0 N–H and O–H groups in total. The van der Waals surface area contributed by atoms with E-state index in [9.17, 15) is 4.79 Å². The van der Waals surface area contributed by atoms with Crippen LogP contribution in [0.4, 0.5) is 0 Å². The minimum atomic E-state index is 0. The van der Waals surface area contributed by atoms with Crippen molar-refractivity contribution in [3.63, 3.8) is 0 Å². The summed E-state index contributed by atoms with van der Waals surface area (Å²) in [6.07, 6.45) is 5.78. The first-order valence-corrected chi connectivity index (χ1v) is 8.48. The molecule has 0 amide bonds. The lowest BCUT2D eigenvalue weighted by Crippen LogP contribution is -2.17. The van der Waals surface area contributed by atoms with Gasteiger partial charge in [-0.3, -0.25) is 9.20 Å². The van der Waals surface area contributed by atoms with Crippen LogP contribution in [0.5, 0.6) is 0 Å². The Hall–Kier alpha value is -1.39. The lowest BCUT2D eigenvalue weighted by Gasteiger charge is -2.19. The van der Waals surface area contributed by atoms with Gasteiger partial charge in [-0.15, -0.1) is 12.4 Å². The van der Waals surface area contributed by atoms with Crippen molar-refractivity contribution in [2.24, 2.45) is 5.92 Å². The van der Waals surface area contributed by atoms with E-state index in [0.29, 0.717) is 5.78 Å². The zero-order valence-electron chi connectivity index (χ0n) is 12.5. The number of Topliss-reactive ketones (excluding diaryl/α,β-unsaturated/α-hetero) is 1. The molecule has 4 rings (SSSR count). The lowest BCUT2D eigenvalue weighted by molar-refractivity contribution is 0.0893. The minimum absolute atomic E-state index is 0. The molecular weight excluding hydrogens is 316 g/mol. The highest BCUT2D eigenvalue weighted by molar-refractivity contribution is 7.19. The molecule has 5 heteroatoms. The number of hydrogen-bond acceptors (Lipinski definition) is 3. The van der Waals surface area contributed by atoms with Crippen LogP contribution in [0.1, 0.15) is 47.5 Å². The summed E-state index contributed by atoms with van der Waals surface area (Å²) < 4.78 is 2.13. The number of imidazole rings is 1. The molecule has 3 nitrogen and oxygen atoms in total. The Balaban J connectivity index is 0.00000144. The minimum Gasteiger partial charge on any atom is -0.293 e. The van der Waals surface area contributed by atoms with Crippen molar-refractivity contribution in [2.45, 2.75) is 39.0 Å². The first kappa shape index (κ1) is 15.5. The van der Waals surface area contributed by atoms with Crippen LogP contribution in [0.15, 0.2) is 24.3 Å². The molecule has 3 aromatic rings. The number of fused-ring (bicyclic) bond motifs is 3. The number of nitrogens with zero attached hydrogens (tertiary/aromatic N) is 2. The average molecular weight is 335 g/mol. The predicted octanol–water partition coefficient (Wildman–Crippen LogP) is 5.04. The third-order valence-electron chi connectivity index (χ3n) is 4.59. The summed E-state index contributed by atoms with van der Waals surface area (Å²) in [5.74, 6) is 0.568. The normalized spacial score (nSPS) is 16.0. The molecule has 22 heavy (non-hydrogen) atoms. The molecule has 2 heterocycles. The molecule has 0 aliphatic heterocycles. The summed E-state index contributed by atoms with van der Waals surface area (Å²) in [5.41, 5.74) is 3.16. The highest BCUT2D eigenvalue weighted by Crippen LogP contribution is 2.33. The fourth-order valence-electron chi connectivity index (χ4n) is 3.44. The Labute approximate surface area is 139 Å². The van der Waals surface area contributed by atoms with Crippen molar-refractivity contribution < 1.29 is 4.79 Å². The van der Waals surface area contributed by atoms with Crippen molar-refractivity contribution in [3.8, 4) is 0 Å². The van der Waals surface area contributed by atoms with Gasteiger partial charge in [-0.05, 0) is 31.9 Å². The molecule has 1 aliphatic carbocycles. The maximum atomic E-state index is 12.8. The summed E-state index contributed by atoms with van der Waals surface area (Å²) >= 11 is 1.55. The van der Waals surface area contributed by atoms with Gasteiger partial charge in [0.2, 0.25) is 0 Å². The highest BCUT2D eigenvalue weighted by atomic mass is 35.5. The highest BCUT2D eigenvalue weighted by Gasteiger charge is 2.26. The van der Waals surface area contributed by atoms with E-state index in [1.807, 2.05) is 25.1 Å². The van der Waals surface area contributed by atoms with Crippen LogP contribution in [0.2, 0.25) is 0 Å². The van der Waals surface area contributed by atoms with Gasteiger partial charge in [0.15, 0.2) is 10.7 Å². The quantitative estimate of drug-likeness (QED) is 0.615. The molecule has 0 bridgehead atoms. The molecule has 1 aromatic carbocycles. The van der Waals surface area contributed by atoms with E-state index in [1.165, 1.54) is 19.3 Å². The molecule has 0 spiro atoms. The van der Waals surface area contributed by atoms with Crippen molar-refractivity contribution in [3.05, 3.63) is 34.8 Å². The largest absolute Gasteiger partial charge is 0.293 e. The molecule has 0 radical (unpaired) electrons. The van der Waals surface area contributed by atoms with Crippen LogP contribution in [0, 0.1) is 12.8 Å². The molecule has 0 atom stereocenters. The number of thiazole rings is 1. The van der Waals surface area contributed by atoms with E-state index < -0.39 is 0 Å². The van der Waals surface area contributed by atoms with E-state index >= 15 is 0 Å². The second kappa shape index (κ2) is 6.01. The van der Waals surface area contributed by atoms with Crippen LogP contribution in [-0.2, 0) is 0 Å². The summed E-state index contributed by atoms with van der Waals surface area (Å²) in [4.78, 5) is 19.3. The van der Waals surface area contributed by atoms with Gasteiger partial charge >= 0.3 is 0 Å². The number of rotatable bonds is 2. The van der Waals surface area contributed by atoms with Gasteiger partial charge in [0.1, 0.15) is 0 Å². The Morgan fingerprint density at radius 1 is 1.23 bits per heavy atom. The van der Waals surface area contributed by atoms with Crippen LogP contribution < -0.4 is 0 Å². The number of carbonyl (C=O) groups is 1. The van der Waals surface area contributed by atoms with E-state index in [1.54, 1.807) is 11.3 Å². The van der Waals surface area contributed by atoms with Gasteiger partial charge in [0.05, 0.1) is 15.9 Å². The predicted molar refractivity (Wildman–Crippen MR) is 93.5 cm³/mol. The summed E-state index contributed by atoms with van der Waals surface area (Å²) in [7, 11) is 0. The monoisotopic (exact) mass is 334 g/mol. The van der Waals surface area contributed by atoms with Crippen LogP contribution in [0.25, 0.3) is 16.0 Å². The average Bonchev–Trinajstić information content (AvgIpc) is 3.04. The second-order valence-corrected chi connectivity index (χ2v) is 6.91. The molecule has 116 valence electrons. The standard InChI is InChI=1S/C17H18N2OS.ClH/c1-11-16(15(20)12-7-3-2-4-8-12)21-17-18-13-9-5-6-10-14(13)19(11)17;/h5-6,9-10,12H,2-4,7-8H2,1H3;1H. The second-order valence-electron chi connectivity index (χ2n) is 5.93. The van der Waals surface area contributed by atoms with E-state index in [-0.39, 0.29) is 18.3 Å². The Morgan fingerprint density at radius 2 is 1.95 bits per heavy atom. The van der Waals surface area contributed by atoms with Crippen molar-refractivity contribution >= 4 is 45.5 Å².